The molecule has 5 atom stereocenters. The van der Waals surface area contributed by atoms with E-state index in [-0.39, 0.29) is 43.6 Å². The number of carbonyl (C=O) groups excluding carboxylic acids is 3. The monoisotopic (exact) mass is 586 g/mol. The van der Waals surface area contributed by atoms with Crippen LogP contribution in [-0.2, 0) is 29.4 Å². The number of aliphatic hydroxyl groups excluding tert-OH is 1. The number of hydrogen-bond donors (Lipinski definition) is 7. The summed E-state index contributed by atoms with van der Waals surface area (Å²) in [4.78, 5) is 60.0. The van der Waals surface area contributed by atoms with E-state index in [4.69, 9.17) is 10.8 Å². The highest BCUT2D eigenvalue weighted by Gasteiger charge is 2.27. The van der Waals surface area contributed by atoms with Crippen LogP contribution in [0, 0.1) is 0 Å². The largest absolute Gasteiger partial charge is 0.480 e. The van der Waals surface area contributed by atoms with E-state index in [1.54, 1.807) is 0 Å². The molecule has 1 aromatic rings. The van der Waals surface area contributed by atoms with E-state index in [1.165, 1.54) is 12.5 Å². The van der Waals surface area contributed by atoms with Crippen molar-refractivity contribution < 1.29 is 39.3 Å². The molecule has 0 heterocycles. The zero-order chi connectivity index (χ0) is 31.3. The molecule has 0 saturated heterocycles. The van der Waals surface area contributed by atoms with Gasteiger partial charge in [0.25, 0.3) is 0 Å². The number of aliphatic hydroxyl groups is 1. The Balaban J connectivity index is 1.79. The summed E-state index contributed by atoms with van der Waals surface area (Å²) < 4.78 is 0. The SMILES string of the molecule is CC(NC(=O)CC1=CCC(C)(c2ccccc2)C=C1)C(=O)NC(CCC(=O)NC(CO)CCCC(N)C(=O)O)C(=O)O. The van der Waals surface area contributed by atoms with Crippen LogP contribution in [0.3, 0.4) is 0 Å². The molecule has 0 bridgehead atoms. The lowest BCUT2D eigenvalue weighted by molar-refractivity contribution is -0.142. The van der Waals surface area contributed by atoms with Gasteiger partial charge in [0.2, 0.25) is 17.7 Å². The second-order valence-electron chi connectivity index (χ2n) is 10.8. The Morgan fingerprint density at radius 3 is 2.21 bits per heavy atom. The first-order valence-electron chi connectivity index (χ1n) is 14.0. The van der Waals surface area contributed by atoms with Crippen LogP contribution in [0.4, 0.5) is 0 Å². The number of carboxylic acid groups (broad SMARTS) is 2. The van der Waals surface area contributed by atoms with E-state index >= 15 is 0 Å². The number of carboxylic acids is 2. The highest BCUT2D eigenvalue weighted by Crippen LogP contribution is 2.34. The normalized spacial score (nSPS) is 19.0. The number of nitrogens with two attached hydrogens (primary N) is 1. The van der Waals surface area contributed by atoms with Gasteiger partial charge < -0.3 is 37.0 Å². The fraction of sp³-hybridized carbons (Fsp3) is 0.500. The summed E-state index contributed by atoms with van der Waals surface area (Å²) in [6.45, 7) is 3.18. The topological polar surface area (TPSA) is 208 Å². The van der Waals surface area contributed by atoms with E-state index in [2.05, 4.69) is 41.1 Å². The molecule has 2 rings (SSSR count). The van der Waals surface area contributed by atoms with Gasteiger partial charge >= 0.3 is 11.9 Å². The van der Waals surface area contributed by atoms with Gasteiger partial charge in [-0.05, 0) is 50.2 Å². The highest BCUT2D eigenvalue weighted by atomic mass is 16.4. The molecule has 1 aliphatic carbocycles. The van der Waals surface area contributed by atoms with Crippen LogP contribution in [0.5, 0.6) is 0 Å². The Labute approximate surface area is 245 Å². The molecule has 12 nitrogen and oxygen atoms in total. The molecule has 42 heavy (non-hydrogen) atoms. The van der Waals surface area contributed by atoms with Crippen molar-refractivity contribution in [3.63, 3.8) is 0 Å². The second kappa shape index (κ2) is 16.4. The third-order valence-corrected chi connectivity index (χ3v) is 7.27. The van der Waals surface area contributed by atoms with E-state index in [1.807, 2.05) is 30.4 Å². The smallest absolute Gasteiger partial charge is 0.326 e. The molecule has 1 aromatic carbocycles. The molecule has 230 valence electrons. The predicted octanol–water partition coefficient (Wildman–Crippen LogP) is 1.13. The average Bonchev–Trinajstić information content (AvgIpc) is 2.95. The first-order chi connectivity index (χ1) is 19.8. The van der Waals surface area contributed by atoms with Crippen LogP contribution in [0.25, 0.3) is 0 Å². The average molecular weight is 587 g/mol. The molecule has 3 amide bonds. The lowest BCUT2D eigenvalue weighted by atomic mass is 9.76. The number of nitrogens with one attached hydrogen (secondary N) is 3. The van der Waals surface area contributed by atoms with Crippen molar-refractivity contribution in [1.82, 2.24) is 16.0 Å². The minimum Gasteiger partial charge on any atom is -0.480 e. The Hall–Kier alpha value is -4.03. The van der Waals surface area contributed by atoms with Gasteiger partial charge in [-0.3, -0.25) is 19.2 Å². The van der Waals surface area contributed by atoms with Crippen molar-refractivity contribution in [1.29, 1.82) is 0 Å². The predicted molar refractivity (Wildman–Crippen MR) is 155 cm³/mol. The summed E-state index contributed by atoms with van der Waals surface area (Å²) in [6, 6.07) is 5.98. The summed E-state index contributed by atoms with van der Waals surface area (Å²) in [5, 5.41) is 35.3. The summed E-state index contributed by atoms with van der Waals surface area (Å²) in [6.07, 6.45) is 7.11. The van der Waals surface area contributed by atoms with E-state index in [0.717, 1.165) is 12.0 Å². The Bertz CT molecular complexity index is 1170. The first-order valence-corrected chi connectivity index (χ1v) is 14.0. The van der Waals surface area contributed by atoms with E-state index < -0.39 is 47.9 Å². The van der Waals surface area contributed by atoms with Crippen LogP contribution in [0.1, 0.15) is 64.4 Å². The van der Waals surface area contributed by atoms with Crippen LogP contribution < -0.4 is 21.7 Å². The quantitative estimate of drug-likeness (QED) is 0.139. The molecule has 5 unspecified atom stereocenters. The number of aliphatic carboxylic acids is 2. The van der Waals surface area contributed by atoms with Gasteiger partial charge in [0.1, 0.15) is 18.1 Å². The molecule has 0 saturated carbocycles. The minimum absolute atomic E-state index is 0.0653. The molecule has 0 aromatic heterocycles. The lowest BCUT2D eigenvalue weighted by Crippen LogP contribution is -2.50. The number of amides is 3. The van der Waals surface area contributed by atoms with Gasteiger partial charge in [-0.1, -0.05) is 55.5 Å². The summed E-state index contributed by atoms with van der Waals surface area (Å²) in [5.41, 5.74) is 7.25. The molecular weight excluding hydrogens is 544 g/mol. The molecule has 1 aliphatic rings. The number of carbonyl (C=O) groups is 5. The van der Waals surface area contributed by atoms with Gasteiger partial charge in [0.15, 0.2) is 0 Å². The molecule has 0 radical (unpaired) electrons. The number of hydrogen-bond acceptors (Lipinski definition) is 7. The maximum Gasteiger partial charge on any atom is 0.326 e. The van der Waals surface area contributed by atoms with Crippen LogP contribution in [0.15, 0.2) is 54.1 Å². The number of allylic oxidation sites excluding steroid dienone is 3. The van der Waals surface area contributed by atoms with Crippen molar-refractivity contribution >= 4 is 29.7 Å². The van der Waals surface area contributed by atoms with Crippen molar-refractivity contribution in [2.24, 2.45) is 5.73 Å². The minimum atomic E-state index is -1.37. The third kappa shape index (κ3) is 11.1. The maximum atomic E-state index is 12.6. The summed E-state index contributed by atoms with van der Waals surface area (Å²) in [5.74, 6) is -4.10. The third-order valence-electron chi connectivity index (χ3n) is 7.27. The van der Waals surface area contributed by atoms with E-state index in [0.29, 0.717) is 12.8 Å². The Kier molecular flexibility index (Phi) is 13.4. The van der Waals surface area contributed by atoms with Gasteiger partial charge in [-0.15, -0.1) is 0 Å². The molecular formula is C30H42N4O8. The molecule has 12 heteroatoms. The second-order valence-corrected chi connectivity index (χ2v) is 10.8. The van der Waals surface area contributed by atoms with Crippen LogP contribution in [0.2, 0.25) is 0 Å². The van der Waals surface area contributed by atoms with Crippen LogP contribution >= 0.6 is 0 Å². The van der Waals surface area contributed by atoms with Crippen molar-refractivity contribution in [2.45, 2.75) is 88.4 Å². The Morgan fingerprint density at radius 1 is 0.952 bits per heavy atom. The number of benzene rings is 1. The van der Waals surface area contributed by atoms with Crippen LogP contribution in [-0.4, -0.2) is 75.8 Å². The van der Waals surface area contributed by atoms with Crippen molar-refractivity contribution in [3.8, 4) is 0 Å². The Morgan fingerprint density at radius 2 is 1.64 bits per heavy atom. The highest BCUT2D eigenvalue weighted by molar-refractivity contribution is 5.91. The summed E-state index contributed by atoms with van der Waals surface area (Å²) >= 11 is 0. The molecule has 0 spiro atoms. The zero-order valence-electron chi connectivity index (χ0n) is 24.0. The lowest BCUT2D eigenvalue weighted by Gasteiger charge is -2.28. The van der Waals surface area contributed by atoms with Gasteiger partial charge in [0.05, 0.1) is 19.1 Å². The number of rotatable bonds is 17. The molecule has 0 aliphatic heterocycles. The fourth-order valence-corrected chi connectivity index (χ4v) is 4.52. The fourth-order valence-electron chi connectivity index (χ4n) is 4.52. The standard InChI is InChI=1S/C30H42N4O8/c1-19(32-26(37)17-20-13-15-30(2,16-14-20)21-7-4-3-5-8-21)27(38)34-24(29(41)42)11-12-25(36)33-22(18-35)9-6-10-23(31)28(39)40/h3-5,7-8,13-15,19,22-24,35H,6,9-12,16-18,31H2,1-2H3,(H,32,37)(H,33,36)(H,34,38)(H,39,40)(H,41,42). The van der Waals surface area contributed by atoms with Gasteiger partial charge in [-0.25, -0.2) is 4.79 Å². The zero-order valence-corrected chi connectivity index (χ0v) is 24.0. The summed E-state index contributed by atoms with van der Waals surface area (Å²) in [7, 11) is 0. The molecule has 8 N–H and O–H groups in total. The first kappa shape index (κ1) is 34.2. The van der Waals surface area contributed by atoms with Gasteiger partial charge in [-0.2, -0.15) is 0 Å². The van der Waals surface area contributed by atoms with Crippen molar-refractivity contribution in [2.75, 3.05) is 6.61 Å². The molecule has 0 fully saturated rings. The van der Waals surface area contributed by atoms with Gasteiger partial charge in [0, 0.05) is 11.8 Å². The van der Waals surface area contributed by atoms with Crippen molar-refractivity contribution in [3.05, 3.63) is 59.7 Å². The maximum absolute atomic E-state index is 12.6. The van der Waals surface area contributed by atoms with E-state index in [9.17, 15) is 34.2 Å².